The van der Waals surface area contributed by atoms with Crippen molar-refractivity contribution in [1.29, 1.82) is 0 Å². The Hall–Kier alpha value is -0.240. The van der Waals surface area contributed by atoms with Crippen LogP contribution in [0.3, 0.4) is 0 Å². The predicted molar refractivity (Wildman–Crippen MR) is 49.0 cm³/mol. The molecular formula is C4HClN4S3. The molecule has 2 aromatic rings. The number of hydrogen-bond donors (Lipinski definition) is 0. The third-order valence-electron chi connectivity index (χ3n) is 0.946. The maximum Gasteiger partial charge on any atom is 0.177 e. The number of rotatable bonds is 2. The van der Waals surface area contributed by atoms with Gasteiger partial charge >= 0.3 is 0 Å². The lowest BCUT2D eigenvalue weighted by Gasteiger charge is -1.87. The Kier molecular flexibility index (Phi) is 2.54. The average Bonchev–Trinajstić information content (AvgIpc) is 2.65. The van der Waals surface area contributed by atoms with Crippen LogP contribution in [0.1, 0.15) is 0 Å². The van der Waals surface area contributed by atoms with Crippen molar-refractivity contribution >= 4 is 46.6 Å². The van der Waals surface area contributed by atoms with Crippen LogP contribution in [0.5, 0.6) is 0 Å². The first-order chi connectivity index (χ1) is 5.86. The van der Waals surface area contributed by atoms with Crippen LogP contribution >= 0.6 is 46.6 Å². The molecule has 4 nitrogen and oxygen atoms in total. The van der Waals surface area contributed by atoms with Gasteiger partial charge in [0.25, 0.3) is 0 Å². The Labute approximate surface area is 85.5 Å². The fourth-order valence-corrected chi connectivity index (χ4v) is 2.68. The van der Waals surface area contributed by atoms with E-state index in [1.807, 2.05) is 0 Å². The summed E-state index contributed by atoms with van der Waals surface area (Å²) in [7, 11) is 0. The Morgan fingerprint density at radius 3 is 2.92 bits per heavy atom. The summed E-state index contributed by atoms with van der Waals surface area (Å²) in [6.45, 7) is 0. The molecule has 0 fully saturated rings. The highest BCUT2D eigenvalue weighted by molar-refractivity contribution is 8.01. The third kappa shape index (κ3) is 1.74. The monoisotopic (exact) mass is 236 g/mol. The van der Waals surface area contributed by atoms with Crippen LogP contribution in [-0.2, 0) is 0 Å². The quantitative estimate of drug-likeness (QED) is 0.800. The zero-order valence-electron chi connectivity index (χ0n) is 5.47. The first-order valence-corrected chi connectivity index (χ1v) is 5.48. The Bertz CT molecular complexity index is 358. The molecule has 0 saturated carbocycles. The van der Waals surface area contributed by atoms with Gasteiger partial charge in [0.15, 0.2) is 14.5 Å². The summed E-state index contributed by atoms with van der Waals surface area (Å²) in [6.07, 6.45) is 1.50. The molecule has 0 aliphatic rings. The lowest BCUT2D eigenvalue weighted by atomic mass is 10.9. The second-order valence-corrected chi connectivity index (χ2v) is 4.57. The Morgan fingerprint density at radius 2 is 2.33 bits per heavy atom. The zero-order chi connectivity index (χ0) is 8.39. The molecular weight excluding hydrogens is 236 g/mol. The van der Waals surface area contributed by atoms with Crippen molar-refractivity contribution in [3.63, 3.8) is 0 Å². The van der Waals surface area contributed by atoms with Gasteiger partial charge in [-0.25, -0.2) is 4.98 Å². The molecule has 0 bridgehead atoms. The van der Waals surface area contributed by atoms with Crippen molar-refractivity contribution < 1.29 is 0 Å². The second kappa shape index (κ2) is 3.65. The normalized spacial score (nSPS) is 10.4. The number of aromatic nitrogens is 4. The van der Waals surface area contributed by atoms with E-state index < -0.39 is 0 Å². The molecule has 8 heteroatoms. The van der Waals surface area contributed by atoms with Crippen LogP contribution < -0.4 is 0 Å². The average molecular weight is 237 g/mol. The van der Waals surface area contributed by atoms with E-state index >= 15 is 0 Å². The van der Waals surface area contributed by atoms with E-state index in [0.29, 0.717) is 10.2 Å². The Balaban J connectivity index is 2.20. The summed E-state index contributed by atoms with van der Waals surface area (Å²) >= 11 is 9.51. The lowest BCUT2D eigenvalue weighted by molar-refractivity contribution is 1.19. The minimum Gasteiger partial charge on any atom is -0.216 e. The lowest BCUT2D eigenvalue weighted by Crippen LogP contribution is -1.70. The van der Waals surface area contributed by atoms with Gasteiger partial charge in [0, 0.05) is 0 Å². The number of hydrogen-bond acceptors (Lipinski definition) is 7. The van der Waals surface area contributed by atoms with Gasteiger partial charge in [-0.1, -0.05) is 11.6 Å². The molecule has 2 rings (SSSR count). The fraction of sp³-hybridized carbons (Fsp3) is 0. The molecule has 0 aliphatic heterocycles. The van der Waals surface area contributed by atoms with E-state index in [1.54, 1.807) is 0 Å². The van der Waals surface area contributed by atoms with E-state index in [1.165, 1.54) is 29.6 Å². The van der Waals surface area contributed by atoms with Crippen LogP contribution in [0.2, 0.25) is 5.15 Å². The van der Waals surface area contributed by atoms with E-state index in [0.717, 1.165) is 16.1 Å². The number of halogens is 1. The van der Waals surface area contributed by atoms with Gasteiger partial charge < -0.3 is 0 Å². The first-order valence-electron chi connectivity index (χ1n) is 2.79. The summed E-state index contributed by atoms with van der Waals surface area (Å²) in [5.74, 6) is 0. The maximum atomic E-state index is 5.73. The van der Waals surface area contributed by atoms with E-state index in [9.17, 15) is 0 Å². The van der Waals surface area contributed by atoms with Crippen LogP contribution in [-0.4, -0.2) is 18.1 Å². The summed E-state index contributed by atoms with van der Waals surface area (Å²) in [5, 5.41) is 1.12. The SMILES string of the molecule is Clc1nsnc1Sc1ncns1. The highest BCUT2D eigenvalue weighted by atomic mass is 35.5. The summed E-state index contributed by atoms with van der Waals surface area (Å²) in [4.78, 5) is 3.98. The molecule has 62 valence electrons. The third-order valence-corrected chi connectivity index (χ3v) is 3.76. The van der Waals surface area contributed by atoms with Gasteiger partial charge in [-0.05, 0) is 23.3 Å². The first kappa shape index (κ1) is 8.36. The molecule has 0 N–H and O–H groups in total. The van der Waals surface area contributed by atoms with Gasteiger partial charge in [-0.2, -0.15) is 13.1 Å². The molecule has 0 aromatic carbocycles. The van der Waals surface area contributed by atoms with Crippen molar-refractivity contribution in [2.45, 2.75) is 9.37 Å². The molecule has 0 spiro atoms. The summed E-state index contributed by atoms with van der Waals surface area (Å²) < 4.78 is 12.5. The van der Waals surface area contributed by atoms with Crippen LogP contribution in [0.4, 0.5) is 0 Å². The second-order valence-electron chi connectivity index (χ2n) is 1.67. The summed E-state index contributed by atoms with van der Waals surface area (Å²) in [5.41, 5.74) is 0. The van der Waals surface area contributed by atoms with Crippen LogP contribution in [0, 0.1) is 0 Å². The maximum absolute atomic E-state index is 5.73. The molecule has 0 aliphatic carbocycles. The van der Waals surface area contributed by atoms with E-state index in [-0.39, 0.29) is 0 Å². The van der Waals surface area contributed by atoms with Gasteiger partial charge in [0.05, 0.1) is 11.7 Å². The molecule has 0 amide bonds. The zero-order valence-corrected chi connectivity index (χ0v) is 8.67. The molecule has 2 aromatic heterocycles. The molecule has 0 radical (unpaired) electrons. The minimum absolute atomic E-state index is 0.431. The van der Waals surface area contributed by atoms with Gasteiger partial charge in [0.1, 0.15) is 6.33 Å². The topological polar surface area (TPSA) is 51.6 Å². The van der Waals surface area contributed by atoms with Gasteiger partial charge in [0.2, 0.25) is 0 Å². The van der Waals surface area contributed by atoms with Gasteiger partial charge in [-0.3, -0.25) is 0 Å². The molecule has 0 atom stereocenters. The van der Waals surface area contributed by atoms with Crippen molar-refractivity contribution in [3.05, 3.63) is 11.5 Å². The van der Waals surface area contributed by atoms with Crippen molar-refractivity contribution in [2.75, 3.05) is 0 Å². The standard InChI is InChI=1S/C4HClN4S3/c5-2-3(9-12-8-2)10-4-6-1-7-11-4/h1H. The van der Waals surface area contributed by atoms with Crippen LogP contribution in [0.25, 0.3) is 0 Å². The minimum atomic E-state index is 0.431. The highest BCUT2D eigenvalue weighted by Crippen LogP contribution is 2.31. The fourth-order valence-electron chi connectivity index (χ4n) is 0.521. The molecule has 0 unspecified atom stereocenters. The highest BCUT2D eigenvalue weighted by Gasteiger charge is 2.08. The largest absolute Gasteiger partial charge is 0.216 e. The van der Waals surface area contributed by atoms with Crippen LogP contribution in [0.15, 0.2) is 15.7 Å². The van der Waals surface area contributed by atoms with Crippen molar-refractivity contribution in [1.82, 2.24) is 18.1 Å². The molecule has 2 heterocycles. The summed E-state index contributed by atoms with van der Waals surface area (Å²) in [6, 6.07) is 0. The smallest absolute Gasteiger partial charge is 0.177 e. The molecule has 0 saturated heterocycles. The van der Waals surface area contributed by atoms with E-state index in [4.69, 9.17) is 11.6 Å². The predicted octanol–water partition coefficient (Wildman–Crippen LogP) is 2.19. The number of nitrogens with zero attached hydrogens (tertiary/aromatic N) is 4. The molecule has 12 heavy (non-hydrogen) atoms. The van der Waals surface area contributed by atoms with Gasteiger partial charge in [-0.15, -0.1) is 0 Å². The van der Waals surface area contributed by atoms with Crippen molar-refractivity contribution in [3.8, 4) is 0 Å². The van der Waals surface area contributed by atoms with Crippen molar-refractivity contribution in [2.24, 2.45) is 0 Å². The Morgan fingerprint density at radius 1 is 1.42 bits per heavy atom. The van der Waals surface area contributed by atoms with E-state index in [2.05, 4.69) is 18.1 Å².